The molecule has 0 aliphatic rings. The lowest BCUT2D eigenvalue weighted by atomic mass is 10.2. The Morgan fingerprint density at radius 2 is 1.80 bits per heavy atom. The minimum atomic E-state index is -3.22. The van der Waals surface area contributed by atoms with Crippen molar-refractivity contribution in [3.05, 3.63) is 60.1 Å². The Morgan fingerprint density at radius 3 is 2.45 bits per heavy atom. The number of sulfonamides is 1. The zero-order chi connectivity index (χ0) is 14.4. The van der Waals surface area contributed by atoms with Crippen molar-refractivity contribution in [2.24, 2.45) is 0 Å². The second kappa shape index (κ2) is 6.72. The molecule has 1 heterocycles. The molecule has 0 unspecified atom stereocenters. The third-order valence-corrected chi connectivity index (χ3v) is 5.07. The van der Waals surface area contributed by atoms with E-state index in [0.717, 1.165) is 11.3 Å². The van der Waals surface area contributed by atoms with Gasteiger partial charge < -0.3 is 4.42 Å². The van der Waals surface area contributed by atoms with Gasteiger partial charge in [0.2, 0.25) is 10.0 Å². The standard InChI is InChI=1S/C15H19NO3S/c1-16(11-9-15-8-5-12-19-15)20(17,18)13-10-14-6-3-2-4-7-14/h2-8,12H,9-11,13H2,1H3. The number of rotatable bonds is 7. The van der Waals surface area contributed by atoms with Crippen LogP contribution in [0.4, 0.5) is 0 Å². The first kappa shape index (κ1) is 14.8. The van der Waals surface area contributed by atoms with Crippen LogP contribution in [0.2, 0.25) is 0 Å². The second-order valence-corrected chi connectivity index (χ2v) is 6.90. The molecule has 20 heavy (non-hydrogen) atoms. The summed E-state index contributed by atoms with van der Waals surface area (Å²) in [5.74, 6) is 0.932. The molecule has 0 atom stereocenters. The van der Waals surface area contributed by atoms with Crippen LogP contribution in [0.1, 0.15) is 11.3 Å². The van der Waals surface area contributed by atoms with Crippen molar-refractivity contribution >= 4 is 10.0 Å². The average Bonchev–Trinajstić information content (AvgIpc) is 2.97. The summed E-state index contributed by atoms with van der Waals surface area (Å²) in [6, 6.07) is 13.3. The lowest BCUT2D eigenvalue weighted by molar-refractivity contribution is 0.441. The fraction of sp³-hybridized carbons (Fsp3) is 0.333. The van der Waals surface area contributed by atoms with Crippen molar-refractivity contribution in [1.82, 2.24) is 4.31 Å². The normalized spacial score (nSPS) is 11.9. The van der Waals surface area contributed by atoms with Crippen LogP contribution in [0.5, 0.6) is 0 Å². The van der Waals surface area contributed by atoms with Gasteiger partial charge in [0, 0.05) is 20.0 Å². The third kappa shape index (κ3) is 4.21. The van der Waals surface area contributed by atoms with Gasteiger partial charge >= 0.3 is 0 Å². The molecule has 1 aromatic carbocycles. The summed E-state index contributed by atoms with van der Waals surface area (Å²) >= 11 is 0. The Bertz CT molecular complexity index is 606. The maximum absolute atomic E-state index is 12.2. The zero-order valence-electron chi connectivity index (χ0n) is 11.5. The molecule has 5 heteroatoms. The summed E-state index contributed by atoms with van der Waals surface area (Å²) in [6.07, 6.45) is 2.72. The molecule has 108 valence electrons. The zero-order valence-corrected chi connectivity index (χ0v) is 12.3. The molecular formula is C15H19NO3S. The number of aryl methyl sites for hydroxylation is 1. The molecule has 2 rings (SSSR count). The van der Waals surface area contributed by atoms with E-state index in [1.165, 1.54) is 4.31 Å². The van der Waals surface area contributed by atoms with E-state index in [2.05, 4.69) is 0 Å². The van der Waals surface area contributed by atoms with E-state index in [1.54, 1.807) is 19.4 Å². The molecule has 0 fully saturated rings. The van der Waals surface area contributed by atoms with Crippen LogP contribution in [-0.4, -0.2) is 32.1 Å². The molecule has 0 N–H and O–H groups in total. The van der Waals surface area contributed by atoms with Gasteiger partial charge in [-0.05, 0) is 24.1 Å². The minimum Gasteiger partial charge on any atom is -0.469 e. The molecule has 0 saturated carbocycles. The average molecular weight is 293 g/mol. The van der Waals surface area contributed by atoms with Crippen LogP contribution in [0.3, 0.4) is 0 Å². The first-order chi connectivity index (χ1) is 9.58. The van der Waals surface area contributed by atoms with Gasteiger partial charge in [-0.1, -0.05) is 30.3 Å². The van der Waals surface area contributed by atoms with Gasteiger partial charge in [-0.2, -0.15) is 0 Å². The Kier molecular flexibility index (Phi) is 4.98. The smallest absolute Gasteiger partial charge is 0.214 e. The van der Waals surface area contributed by atoms with Crippen molar-refractivity contribution in [3.8, 4) is 0 Å². The maximum Gasteiger partial charge on any atom is 0.214 e. The van der Waals surface area contributed by atoms with Crippen molar-refractivity contribution < 1.29 is 12.8 Å². The summed E-state index contributed by atoms with van der Waals surface area (Å²) in [5, 5.41) is 0. The Balaban J connectivity index is 1.85. The summed E-state index contributed by atoms with van der Waals surface area (Å²) in [6.45, 7) is 0.435. The lowest BCUT2D eigenvalue weighted by Crippen LogP contribution is -2.31. The number of hydrogen-bond acceptors (Lipinski definition) is 3. The van der Waals surface area contributed by atoms with E-state index >= 15 is 0 Å². The highest BCUT2D eigenvalue weighted by Gasteiger charge is 2.17. The largest absolute Gasteiger partial charge is 0.469 e. The lowest BCUT2D eigenvalue weighted by Gasteiger charge is -2.16. The van der Waals surface area contributed by atoms with Gasteiger partial charge in [0.15, 0.2) is 0 Å². The molecule has 2 aromatic rings. The first-order valence-corrected chi connectivity index (χ1v) is 8.19. The number of benzene rings is 1. The molecule has 0 saturated heterocycles. The summed E-state index contributed by atoms with van der Waals surface area (Å²) in [7, 11) is -1.61. The topological polar surface area (TPSA) is 50.5 Å². The number of hydrogen-bond donors (Lipinski definition) is 0. The van der Waals surface area contributed by atoms with Crippen molar-refractivity contribution in [1.29, 1.82) is 0 Å². The molecule has 4 nitrogen and oxygen atoms in total. The Labute approximate surface area is 120 Å². The SMILES string of the molecule is CN(CCc1ccco1)S(=O)(=O)CCc1ccccc1. The van der Waals surface area contributed by atoms with Crippen molar-refractivity contribution in [3.63, 3.8) is 0 Å². The molecule has 0 aliphatic heterocycles. The quantitative estimate of drug-likeness (QED) is 0.787. The van der Waals surface area contributed by atoms with E-state index in [9.17, 15) is 8.42 Å². The summed E-state index contributed by atoms with van der Waals surface area (Å²) in [4.78, 5) is 0. The predicted octanol–water partition coefficient (Wildman–Crippen LogP) is 2.33. The van der Waals surface area contributed by atoms with Crippen LogP contribution in [0.25, 0.3) is 0 Å². The first-order valence-electron chi connectivity index (χ1n) is 6.58. The molecule has 0 spiro atoms. The Morgan fingerprint density at radius 1 is 1.05 bits per heavy atom. The van der Waals surface area contributed by atoms with E-state index in [4.69, 9.17) is 4.42 Å². The van der Waals surface area contributed by atoms with Gasteiger partial charge in [-0.3, -0.25) is 0 Å². The second-order valence-electron chi connectivity index (χ2n) is 4.70. The molecule has 0 aliphatic carbocycles. The fourth-order valence-corrected chi connectivity index (χ4v) is 3.08. The van der Waals surface area contributed by atoms with Gasteiger partial charge in [0.1, 0.15) is 5.76 Å². The molecule has 0 bridgehead atoms. The fourth-order valence-electron chi connectivity index (χ4n) is 1.91. The van der Waals surface area contributed by atoms with Crippen molar-refractivity contribution in [2.45, 2.75) is 12.8 Å². The van der Waals surface area contributed by atoms with Gasteiger partial charge in [0.05, 0.1) is 12.0 Å². The predicted molar refractivity (Wildman–Crippen MR) is 79.0 cm³/mol. The number of nitrogens with zero attached hydrogens (tertiary/aromatic N) is 1. The number of furan rings is 1. The van der Waals surface area contributed by atoms with Gasteiger partial charge in [-0.15, -0.1) is 0 Å². The van der Waals surface area contributed by atoms with Gasteiger partial charge in [0.25, 0.3) is 0 Å². The van der Waals surface area contributed by atoms with Crippen LogP contribution in [0, 0.1) is 0 Å². The summed E-state index contributed by atoms with van der Waals surface area (Å²) < 4.78 is 30.9. The molecule has 1 aromatic heterocycles. The van der Waals surface area contributed by atoms with Crippen LogP contribution >= 0.6 is 0 Å². The van der Waals surface area contributed by atoms with E-state index in [0.29, 0.717) is 19.4 Å². The van der Waals surface area contributed by atoms with Crippen LogP contribution < -0.4 is 0 Å². The molecular weight excluding hydrogens is 274 g/mol. The third-order valence-electron chi connectivity index (χ3n) is 3.22. The van der Waals surface area contributed by atoms with Crippen molar-refractivity contribution in [2.75, 3.05) is 19.3 Å². The van der Waals surface area contributed by atoms with Gasteiger partial charge in [-0.25, -0.2) is 12.7 Å². The maximum atomic E-state index is 12.2. The molecule has 0 amide bonds. The van der Waals surface area contributed by atoms with Crippen LogP contribution in [-0.2, 0) is 22.9 Å². The monoisotopic (exact) mass is 293 g/mol. The van der Waals surface area contributed by atoms with E-state index in [-0.39, 0.29) is 5.75 Å². The van der Waals surface area contributed by atoms with E-state index in [1.807, 2.05) is 36.4 Å². The minimum absolute atomic E-state index is 0.131. The highest BCUT2D eigenvalue weighted by molar-refractivity contribution is 7.89. The molecule has 0 radical (unpaired) electrons. The summed E-state index contributed by atoms with van der Waals surface area (Å²) in [5.41, 5.74) is 1.04. The Hall–Kier alpha value is -1.59. The van der Waals surface area contributed by atoms with Crippen LogP contribution in [0.15, 0.2) is 53.1 Å². The van der Waals surface area contributed by atoms with E-state index < -0.39 is 10.0 Å². The number of likely N-dealkylation sites (N-methyl/N-ethyl adjacent to an activating group) is 1. The highest BCUT2D eigenvalue weighted by Crippen LogP contribution is 2.07. The highest BCUT2D eigenvalue weighted by atomic mass is 32.2.